The summed E-state index contributed by atoms with van der Waals surface area (Å²) in [5.41, 5.74) is 6.65. The molecule has 3 aliphatic heterocycles. The van der Waals surface area contributed by atoms with E-state index >= 15 is 4.79 Å². The van der Waals surface area contributed by atoms with Crippen LogP contribution in [0.4, 0.5) is 16.2 Å². The van der Waals surface area contributed by atoms with Gasteiger partial charge >= 0.3 is 12.1 Å². The number of benzene rings is 5. The molecule has 15 heteroatoms. The molecule has 1 spiro atoms. The van der Waals surface area contributed by atoms with E-state index in [9.17, 15) is 34.7 Å². The number of ether oxygens (including phenoxy) is 3. The summed E-state index contributed by atoms with van der Waals surface area (Å²) in [7, 11) is 0. The number of rotatable bonds is 11. The van der Waals surface area contributed by atoms with Gasteiger partial charge in [-0.05, 0) is 58.7 Å². The van der Waals surface area contributed by atoms with Crippen LogP contribution in [-0.2, 0) is 35.9 Å². The van der Waals surface area contributed by atoms with Crippen LogP contribution in [0.3, 0.4) is 0 Å². The van der Waals surface area contributed by atoms with E-state index in [0.29, 0.717) is 27.8 Å². The van der Waals surface area contributed by atoms with Gasteiger partial charge in [-0.3, -0.25) is 29.4 Å². The molecule has 2 fully saturated rings. The number of nitro groups is 1. The fourth-order valence-corrected chi connectivity index (χ4v) is 9.10. The topological polar surface area (TPSA) is 212 Å². The van der Waals surface area contributed by atoms with Crippen molar-refractivity contribution >= 4 is 35.3 Å². The molecule has 0 bridgehead atoms. The molecule has 0 aromatic heterocycles. The second-order valence-corrected chi connectivity index (χ2v) is 14.9. The Bertz CT molecular complexity index is 2600. The SMILES string of the molecule is NC(=O)C1C2C(=O)OC(c3ccccc3)C(c3ccccc3)N2C(c2ccccc2OCCO)C12C(=O)N(C(=O)OCc1ccc([N+](=O)[O-])cc1)c1ccc(C#CCCO)cc12. The van der Waals surface area contributed by atoms with Crippen molar-refractivity contribution in [3.8, 4) is 17.6 Å². The van der Waals surface area contributed by atoms with E-state index in [-0.39, 0.29) is 55.5 Å². The summed E-state index contributed by atoms with van der Waals surface area (Å²) in [6.07, 6.45) is -1.98. The number of hydrogen-bond donors (Lipinski definition) is 3. The van der Waals surface area contributed by atoms with Gasteiger partial charge in [0, 0.05) is 29.7 Å². The van der Waals surface area contributed by atoms with Crippen LogP contribution in [0.5, 0.6) is 5.75 Å². The van der Waals surface area contributed by atoms with E-state index in [1.807, 2.05) is 48.5 Å². The molecule has 0 aliphatic carbocycles. The number of imide groups is 1. The number of amides is 3. The molecule has 5 aromatic carbocycles. The number of aliphatic hydroxyl groups is 2. The third-order valence-corrected chi connectivity index (χ3v) is 11.5. The summed E-state index contributed by atoms with van der Waals surface area (Å²) in [4.78, 5) is 73.1. The normalized spacial score (nSPS) is 22.5. The molecule has 6 unspecified atom stereocenters. The number of morpholine rings is 1. The average Bonchev–Trinajstić information content (AvgIpc) is 3.74. The fraction of sp³-hybridized carbons (Fsp3) is 0.234. The predicted molar refractivity (Wildman–Crippen MR) is 222 cm³/mol. The number of fused-ring (bicyclic) bond motifs is 3. The molecule has 4 N–H and O–H groups in total. The molecule has 62 heavy (non-hydrogen) atoms. The van der Waals surface area contributed by atoms with Gasteiger partial charge in [0.15, 0.2) is 0 Å². The van der Waals surface area contributed by atoms with Crippen molar-refractivity contribution in [2.45, 2.75) is 42.7 Å². The minimum Gasteiger partial charge on any atom is -0.491 e. The molecule has 15 nitrogen and oxygen atoms in total. The van der Waals surface area contributed by atoms with Gasteiger partial charge in [-0.2, -0.15) is 0 Å². The number of aliphatic hydroxyl groups excluding tert-OH is 2. The van der Waals surface area contributed by atoms with E-state index in [0.717, 1.165) is 4.90 Å². The number of carbonyl (C=O) groups excluding carboxylic acids is 4. The van der Waals surface area contributed by atoms with Crippen LogP contribution in [0.25, 0.3) is 0 Å². The lowest BCUT2D eigenvalue weighted by Gasteiger charge is -2.46. The number of para-hydroxylation sites is 1. The van der Waals surface area contributed by atoms with E-state index < -0.39 is 64.4 Å². The number of non-ortho nitro benzene ring substituents is 1. The van der Waals surface area contributed by atoms with Crippen molar-refractivity contribution in [2.75, 3.05) is 24.7 Å². The maximum absolute atomic E-state index is 16.0. The lowest BCUT2D eigenvalue weighted by atomic mass is 9.65. The van der Waals surface area contributed by atoms with Crippen molar-refractivity contribution < 1.29 is 48.5 Å². The highest BCUT2D eigenvalue weighted by atomic mass is 16.6. The van der Waals surface area contributed by atoms with E-state index in [1.165, 1.54) is 30.3 Å². The third kappa shape index (κ3) is 7.09. The van der Waals surface area contributed by atoms with E-state index in [4.69, 9.17) is 19.9 Å². The molecule has 3 aliphatic rings. The average molecular weight is 837 g/mol. The molecule has 6 atom stereocenters. The predicted octanol–water partition coefficient (Wildman–Crippen LogP) is 5.19. The summed E-state index contributed by atoms with van der Waals surface area (Å²) in [6.45, 7) is -1.11. The molecule has 3 amide bonds. The monoisotopic (exact) mass is 836 g/mol. The van der Waals surface area contributed by atoms with Gasteiger partial charge in [0.1, 0.15) is 36.5 Å². The molecular weight excluding hydrogens is 797 g/mol. The zero-order valence-electron chi connectivity index (χ0n) is 33.0. The van der Waals surface area contributed by atoms with Gasteiger partial charge in [-0.25, -0.2) is 9.69 Å². The second-order valence-electron chi connectivity index (χ2n) is 14.9. The van der Waals surface area contributed by atoms with Gasteiger partial charge < -0.3 is 30.2 Å². The molecule has 0 radical (unpaired) electrons. The summed E-state index contributed by atoms with van der Waals surface area (Å²) < 4.78 is 18.2. The molecular formula is C47H40N4O11. The highest BCUT2D eigenvalue weighted by Crippen LogP contribution is 2.66. The quantitative estimate of drug-likeness (QED) is 0.0680. The maximum Gasteiger partial charge on any atom is 0.421 e. The Labute approximate surface area is 355 Å². The molecule has 314 valence electrons. The van der Waals surface area contributed by atoms with Crippen molar-refractivity contribution in [1.29, 1.82) is 0 Å². The first-order valence-electron chi connectivity index (χ1n) is 19.8. The number of hydrogen-bond acceptors (Lipinski definition) is 12. The van der Waals surface area contributed by atoms with Crippen LogP contribution in [0.2, 0.25) is 0 Å². The van der Waals surface area contributed by atoms with Gasteiger partial charge in [-0.15, -0.1) is 0 Å². The Morgan fingerprint density at radius 2 is 1.53 bits per heavy atom. The first kappa shape index (κ1) is 41.4. The van der Waals surface area contributed by atoms with Crippen LogP contribution in [-0.4, -0.2) is 69.8 Å². The van der Waals surface area contributed by atoms with Gasteiger partial charge in [0.25, 0.3) is 5.69 Å². The highest BCUT2D eigenvalue weighted by Gasteiger charge is 2.76. The van der Waals surface area contributed by atoms with E-state index in [1.54, 1.807) is 53.4 Å². The third-order valence-electron chi connectivity index (χ3n) is 11.5. The molecule has 8 rings (SSSR count). The van der Waals surface area contributed by atoms with Crippen molar-refractivity contribution in [3.05, 3.63) is 171 Å². The van der Waals surface area contributed by atoms with Crippen LogP contribution in [0.15, 0.2) is 127 Å². The number of esters is 1. The lowest BCUT2D eigenvalue weighted by Crippen LogP contribution is -2.55. The number of nitro benzene ring substituents is 1. The Morgan fingerprint density at radius 1 is 0.855 bits per heavy atom. The number of anilines is 1. The van der Waals surface area contributed by atoms with Gasteiger partial charge in [0.2, 0.25) is 11.8 Å². The zero-order chi connectivity index (χ0) is 43.5. The number of primary amides is 1. The molecule has 3 heterocycles. The maximum atomic E-state index is 16.0. The fourth-order valence-electron chi connectivity index (χ4n) is 9.10. The first-order valence-corrected chi connectivity index (χ1v) is 19.8. The second kappa shape index (κ2) is 17.3. The largest absolute Gasteiger partial charge is 0.491 e. The van der Waals surface area contributed by atoms with Gasteiger partial charge in [0.05, 0.1) is 41.8 Å². The Hall–Kier alpha value is -7.38. The summed E-state index contributed by atoms with van der Waals surface area (Å²) in [5, 5.41) is 30.7. The first-order chi connectivity index (χ1) is 30.1. The van der Waals surface area contributed by atoms with Crippen molar-refractivity contribution in [3.63, 3.8) is 0 Å². The summed E-state index contributed by atoms with van der Waals surface area (Å²) in [6, 6.07) is 31.3. The summed E-state index contributed by atoms with van der Waals surface area (Å²) in [5.74, 6) is 1.62. The molecule has 0 saturated carbocycles. The Kier molecular flexibility index (Phi) is 11.5. The Balaban J connectivity index is 1.40. The van der Waals surface area contributed by atoms with Gasteiger partial charge in [-0.1, -0.05) is 90.7 Å². The van der Waals surface area contributed by atoms with Crippen LogP contribution in [0.1, 0.15) is 58.0 Å². The standard InChI is InChI=1S/C47H40N4O11/c48-43(54)38-40-44(55)62-41(32-14-5-2-6-15-32)39(31-12-3-1-4-13-31)50(40)42(34-16-7-8-17-37(34)60-26-25-53)47(38)35-27-29(11-9-10-24-52)20-23-36(35)49(45(47)56)46(57)61-28-30-18-21-33(22-19-30)51(58)59/h1-8,12-23,27,38-42,52-53H,10,24-26,28H2,(H2,48,54). The number of cyclic esters (lactones) is 1. The minimum absolute atomic E-state index is 0.0329. The lowest BCUT2D eigenvalue weighted by molar-refractivity contribution is -0.384. The molecule has 5 aromatic rings. The number of carbonyl (C=O) groups is 4. The number of nitrogens with two attached hydrogens (primary N) is 1. The van der Waals surface area contributed by atoms with Crippen molar-refractivity contribution in [1.82, 2.24) is 4.90 Å². The minimum atomic E-state index is -2.18. The highest BCUT2D eigenvalue weighted by molar-refractivity contribution is 6.23. The number of nitrogens with zero attached hydrogens (tertiary/aromatic N) is 3. The van der Waals surface area contributed by atoms with Crippen LogP contribution >= 0.6 is 0 Å². The van der Waals surface area contributed by atoms with E-state index in [2.05, 4.69) is 11.8 Å². The summed E-state index contributed by atoms with van der Waals surface area (Å²) >= 11 is 0. The van der Waals surface area contributed by atoms with Crippen molar-refractivity contribution in [2.24, 2.45) is 11.7 Å². The Morgan fingerprint density at radius 3 is 2.19 bits per heavy atom. The van der Waals surface area contributed by atoms with Crippen LogP contribution < -0.4 is 15.4 Å². The van der Waals surface area contributed by atoms with Crippen LogP contribution in [0, 0.1) is 27.9 Å². The smallest absolute Gasteiger partial charge is 0.421 e. The zero-order valence-corrected chi connectivity index (χ0v) is 33.0. The molecule has 2 saturated heterocycles.